The average molecular weight is 246 g/mol. The summed E-state index contributed by atoms with van der Waals surface area (Å²) in [5.74, 6) is -2.58. The van der Waals surface area contributed by atoms with E-state index in [-0.39, 0.29) is 31.7 Å². The third-order valence-corrected chi connectivity index (χ3v) is 2.15. The number of rotatable bonds is 8. The molecule has 0 aromatic heterocycles. The van der Waals surface area contributed by atoms with Gasteiger partial charge < -0.3 is 21.3 Å². The predicted octanol–water partition coefficient (Wildman–Crippen LogP) is -0.594. The Morgan fingerprint density at radius 3 is 2.29 bits per heavy atom. The number of hydrogen-bond acceptors (Lipinski definition) is 4. The van der Waals surface area contributed by atoms with Crippen LogP contribution in [0.15, 0.2) is 0 Å². The zero-order valence-corrected chi connectivity index (χ0v) is 9.68. The average Bonchev–Trinajstić information content (AvgIpc) is 2.21. The van der Waals surface area contributed by atoms with Gasteiger partial charge in [0, 0.05) is 19.4 Å². The molecule has 0 saturated heterocycles. The molecular weight excluding hydrogens is 228 g/mol. The maximum atomic E-state index is 11.4. The molecule has 0 saturated carbocycles. The first kappa shape index (κ1) is 15.4. The largest absolute Gasteiger partial charge is 0.481 e. The van der Waals surface area contributed by atoms with Crippen molar-refractivity contribution in [3.63, 3.8) is 0 Å². The predicted molar refractivity (Wildman–Crippen MR) is 59.3 cm³/mol. The van der Waals surface area contributed by atoms with Gasteiger partial charge in [0.2, 0.25) is 5.91 Å². The first-order chi connectivity index (χ1) is 7.82. The van der Waals surface area contributed by atoms with Gasteiger partial charge in [-0.05, 0) is 12.3 Å². The first-order valence-corrected chi connectivity index (χ1v) is 5.29. The van der Waals surface area contributed by atoms with Crippen molar-refractivity contribution in [1.82, 2.24) is 5.32 Å². The quantitative estimate of drug-likeness (QED) is 0.452. The zero-order valence-electron chi connectivity index (χ0n) is 9.68. The van der Waals surface area contributed by atoms with Gasteiger partial charge in [0.1, 0.15) is 0 Å². The summed E-state index contributed by atoms with van der Waals surface area (Å²) in [6.07, 6.45) is -0.140. The minimum Gasteiger partial charge on any atom is -0.481 e. The highest BCUT2D eigenvalue weighted by Gasteiger charge is 2.16. The maximum Gasteiger partial charge on any atom is 0.303 e. The summed E-state index contributed by atoms with van der Waals surface area (Å²) in [6, 6.07) is -0.872. The standard InChI is InChI=1S/C10H18N2O5/c1-6(4-9(15)16)5-12-10(17)7(11)2-3-8(13)14/h6-7H,2-5,11H2,1H3,(H,12,17)(H,13,14)(H,15,16). The second-order valence-corrected chi connectivity index (χ2v) is 3.99. The van der Waals surface area contributed by atoms with E-state index in [0.29, 0.717) is 0 Å². The monoisotopic (exact) mass is 246 g/mol. The summed E-state index contributed by atoms with van der Waals surface area (Å²) in [5.41, 5.74) is 5.46. The number of carboxylic acids is 2. The molecule has 5 N–H and O–H groups in total. The van der Waals surface area contributed by atoms with Crippen LogP contribution in [-0.2, 0) is 14.4 Å². The summed E-state index contributed by atoms with van der Waals surface area (Å²) in [6.45, 7) is 1.91. The van der Waals surface area contributed by atoms with Crippen LogP contribution >= 0.6 is 0 Å². The first-order valence-electron chi connectivity index (χ1n) is 5.29. The summed E-state index contributed by atoms with van der Waals surface area (Å²) in [7, 11) is 0. The minimum atomic E-state index is -1.01. The van der Waals surface area contributed by atoms with Crippen LogP contribution in [-0.4, -0.2) is 40.6 Å². The number of carbonyl (C=O) groups is 3. The lowest BCUT2D eigenvalue weighted by molar-refractivity contribution is -0.139. The van der Waals surface area contributed by atoms with Gasteiger partial charge in [-0.15, -0.1) is 0 Å². The Balaban J connectivity index is 3.84. The molecule has 2 unspecified atom stereocenters. The van der Waals surface area contributed by atoms with Crippen molar-refractivity contribution in [3.05, 3.63) is 0 Å². The van der Waals surface area contributed by atoms with E-state index in [4.69, 9.17) is 15.9 Å². The summed E-state index contributed by atoms with van der Waals surface area (Å²) < 4.78 is 0. The van der Waals surface area contributed by atoms with Crippen molar-refractivity contribution in [1.29, 1.82) is 0 Å². The van der Waals surface area contributed by atoms with Crippen molar-refractivity contribution in [2.24, 2.45) is 11.7 Å². The van der Waals surface area contributed by atoms with E-state index >= 15 is 0 Å². The second-order valence-electron chi connectivity index (χ2n) is 3.99. The molecule has 0 aromatic carbocycles. The molecule has 0 spiro atoms. The fourth-order valence-corrected chi connectivity index (χ4v) is 1.19. The highest BCUT2D eigenvalue weighted by Crippen LogP contribution is 2.00. The smallest absolute Gasteiger partial charge is 0.303 e. The number of nitrogens with two attached hydrogens (primary N) is 1. The molecule has 0 aromatic rings. The van der Waals surface area contributed by atoms with Crippen molar-refractivity contribution >= 4 is 17.8 Å². The lowest BCUT2D eigenvalue weighted by Gasteiger charge is -2.14. The van der Waals surface area contributed by atoms with E-state index in [9.17, 15) is 14.4 Å². The van der Waals surface area contributed by atoms with E-state index in [1.165, 1.54) is 0 Å². The number of carboxylic acid groups (broad SMARTS) is 2. The second kappa shape index (κ2) is 7.61. The Hall–Kier alpha value is -1.63. The van der Waals surface area contributed by atoms with Crippen LogP contribution in [0.1, 0.15) is 26.2 Å². The molecule has 0 fully saturated rings. The Kier molecular flexibility index (Phi) is 6.88. The van der Waals surface area contributed by atoms with Crippen LogP contribution in [0.5, 0.6) is 0 Å². The summed E-state index contributed by atoms with van der Waals surface area (Å²) >= 11 is 0. The van der Waals surface area contributed by atoms with E-state index in [2.05, 4.69) is 5.32 Å². The van der Waals surface area contributed by atoms with Crippen LogP contribution in [0.2, 0.25) is 0 Å². The fourth-order valence-electron chi connectivity index (χ4n) is 1.19. The molecule has 0 radical (unpaired) electrons. The number of nitrogens with one attached hydrogen (secondary N) is 1. The Morgan fingerprint density at radius 1 is 1.24 bits per heavy atom. The van der Waals surface area contributed by atoms with Crippen molar-refractivity contribution in [2.75, 3.05) is 6.54 Å². The van der Waals surface area contributed by atoms with Gasteiger partial charge in [-0.3, -0.25) is 14.4 Å². The molecule has 0 bridgehead atoms. The van der Waals surface area contributed by atoms with Gasteiger partial charge in [0.15, 0.2) is 0 Å². The van der Waals surface area contributed by atoms with Crippen molar-refractivity contribution in [2.45, 2.75) is 32.2 Å². The third kappa shape index (κ3) is 8.21. The van der Waals surface area contributed by atoms with Crippen molar-refractivity contribution in [3.8, 4) is 0 Å². The number of amides is 1. The molecule has 98 valence electrons. The number of hydrogen-bond donors (Lipinski definition) is 4. The van der Waals surface area contributed by atoms with Crippen molar-refractivity contribution < 1.29 is 24.6 Å². The molecular formula is C10H18N2O5. The molecule has 0 aliphatic carbocycles. The fraction of sp³-hybridized carbons (Fsp3) is 0.700. The molecule has 0 rings (SSSR count). The number of carbonyl (C=O) groups excluding carboxylic acids is 1. The van der Waals surface area contributed by atoms with Gasteiger partial charge in [-0.1, -0.05) is 6.92 Å². The zero-order chi connectivity index (χ0) is 13.4. The molecule has 1 amide bonds. The Bertz CT molecular complexity index is 292. The van der Waals surface area contributed by atoms with Crippen LogP contribution in [0.3, 0.4) is 0 Å². The molecule has 0 aliphatic heterocycles. The highest BCUT2D eigenvalue weighted by atomic mass is 16.4. The van der Waals surface area contributed by atoms with E-state index in [1.807, 2.05) is 0 Å². The maximum absolute atomic E-state index is 11.4. The van der Waals surface area contributed by atoms with Crippen LogP contribution in [0, 0.1) is 5.92 Å². The lowest BCUT2D eigenvalue weighted by Crippen LogP contribution is -2.42. The van der Waals surface area contributed by atoms with Crippen LogP contribution in [0.4, 0.5) is 0 Å². The van der Waals surface area contributed by atoms with Crippen LogP contribution in [0.25, 0.3) is 0 Å². The Morgan fingerprint density at radius 2 is 1.82 bits per heavy atom. The topological polar surface area (TPSA) is 130 Å². The highest BCUT2D eigenvalue weighted by molar-refractivity contribution is 5.82. The van der Waals surface area contributed by atoms with Crippen LogP contribution < -0.4 is 11.1 Å². The molecule has 17 heavy (non-hydrogen) atoms. The third-order valence-electron chi connectivity index (χ3n) is 2.15. The van der Waals surface area contributed by atoms with E-state index < -0.39 is 23.9 Å². The molecule has 0 aliphatic rings. The molecule has 2 atom stereocenters. The van der Waals surface area contributed by atoms with Gasteiger partial charge in [-0.2, -0.15) is 0 Å². The lowest BCUT2D eigenvalue weighted by atomic mass is 10.1. The van der Waals surface area contributed by atoms with E-state index in [0.717, 1.165) is 0 Å². The summed E-state index contributed by atoms with van der Waals surface area (Å²) in [5, 5.41) is 19.4. The Labute approximate surface area is 99.0 Å². The van der Waals surface area contributed by atoms with E-state index in [1.54, 1.807) is 6.92 Å². The number of aliphatic carboxylic acids is 2. The SMILES string of the molecule is CC(CNC(=O)C(N)CCC(=O)O)CC(=O)O. The molecule has 7 nitrogen and oxygen atoms in total. The summed E-state index contributed by atoms with van der Waals surface area (Å²) in [4.78, 5) is 32.0. The van der Waals surface area contributed by atoms with Gasteiger partial charge in [0.25, 0.3) is 0 Å². The van der Waals surface area contributed by atoms with Gasteiger partial charge in [-0.25, -0.2) is 0 Å². The normalized spacial score (nSPS) is 13.8. The molecule has 0 heterocycles. The molecule has 7 heteroatoms. The van der Waals surface area contributed by atoms with Gasteiger partial charge >= 0.3 is 11.9 Å². The minimum absolute atomic E-state index is 0.0371. The van der Waals surface area contributed by atoms with Gasteiger partial charge in [0.05, 0.1) is 6.04 Å².